The molecule has 1 aliphatic rings. The van der Waals surface area contributed by atoms with Gasteiger partial charge in [-0.3, -0.25) is 5.43 Å². The van der Waals surface area contributed by atoms with E-state index in [9.17, 15) is 5.11 Å². The summed E-state index contributed by atoms with van der Waals surface area (Å²) in [7, 11) is 0. The highest BCUT2D eigenvalue weighted by Gasteiger charge is 2.38. The number of hydrogen-bond acceptors (Lipinski definition) is 5. The van der Waals surface area contributed by atoms with Gasteiger partial charge in [0, 0.05) is 29.3 Å². The Kier molecular flexibility index (Phi) is 5.86. The van der Waals surface area contributed by atoms with Crippen LogP contribution in [0.2, 0.25) is 0 Å². The van der Waals surface area contributed by atoms with Crippen LogP contribution in [-0.4, -0.2) is 20.9 Å². The Morgan fingerprint density at radius 1 is 0.970 bits per heavy atom. The summed E-state index contributed by atoms with van der Waals surface area (Å²) in [5, 5.41) is 15.7. The number of nitrogens with one attached hydrogen (secondary N) is 2. The van der Waals surface area contributed by atoms with Crippen LogP contribution in [0.1, 0.15) is 41.1 Å². The third-order valence-electron chi connectivity index (χ3n) is 6.36. The van der Waals surface area contributed by atoms with Crippen molar-refractivity contribution in [1.29, 1.82) is 0 Å². The first-order valence-corrected chi connectivity index (χ1v) is 11.2. The molecule has 1 aliphatic heterocycles. The maximum atomic E-state index is 11.1. The maximum Gasteiger partial charge on any atom is 0.127 e. The second-order valence-electron chi connectivity index (χ2n) is 8.54. The highest BCUT2D eigenvalue weighted by atomic mass is 16.5. The molecule has 4 aromatic rings. The first-order valence-electron chi connectivity index (χ1n) is 11.2. The Morgan fingerprint density at radius 3 is 2.45 bits per heavy atom. The van der Waals surface area contributed by atoms with Gasteiger partial charge in [-0.2, -0.15) is 5.10 Å². The molecule has 2 heterocycles. The highest BCUT2D eigenvalue weighted by Crippen LogP contribution is 2.43. The highest BCUT2D eigenvalue weighted by molar-refractivity contribution is 5.51. The van der Waals surface area contributed by atoms with Gasteiger partial charge in [0.1, 0.15) is 18.1 Å². The summed E-state index contributed by atoms with van der Waals surface area (Å²) < 4.78 is 7.89. The standard InChI is InChI=1S/C27H28N4O2/c1-18-24(33-17-20-9-5-3-6-10-20)14-13-23(27(18)32)26-25(19(2)29-30-26)21-15-28-31(16-21)22-11-7-4-8-12-22/h3-16,19,25-26,29-30,32H,17H2,1-2H3. The minimum atomic E-state index is -0.102. The van der Waals surface area contributed by atoms with E-state index < -0.39 is 0 Å². The number of nitrogens with zero attached hydrogens (tertiary/aromatic N) is 2. The van der Waals surface area contributed by atoms with Crippen LogP contribution in [-0.2, 0) is 6.61 Å². The van der Waals surface area contributed by atoms with Gasteiger partial charge in [-0.25, -0.2) is 10.1 Å². The topological polar surface area (TPSA) is 71.3 Å². The van der Waals surface area contributed by atoms with Crippen LogP contribution in [0.15, 0.2) is 85.2 Å². The minimum absolute atomic E-state index is 0.101. The van der Waals surface area contributed by atoms with E-state index in [0.717, 1.165) is 27.9 Å². The Balaban J connectivity index is 1.40. The number of benzene rings is 3. The van der Waals surface area contributed by atoms with Crippen molar-refractivity contribution < 1.29 is 9.84 Å². The zero-order valence-corrected chi connectivity index (χ0v) is 18.8. The first-order chi connectivity index (χ1) is 16.1. The summed E-state index contributed by atoms with van der Waals surface area (Å²) in [6, 6.07) is 24.1. The van der Waals surface area contributed by atoms with Gasteiger partial charge in [-0.15, -0.1) is 0 Å². The van der Waals surface area contributed by atoms with Crippen molar-refractivity contribution in [3.8, 4) is 17.2 Å². The summed E-state index contributed by atoms with van der Waals surface area (Å²) in [4.78, 5) is 0. The fourth-order valence-electron chi connectivity index (χ4n) is 4.52. The molecule has 168 valence electrons. The largest absolute Gasteiger partial charge is 0.507 e. The molecule has 1 aromatic heterocycles. The van der Waals surface area contributed by atoms with Crippen LogP contribution in [0.4, 0.5) is 0 Å². The predicted molar refractivity (Wildman–Crippen MR) is 128 cm³/mol. The van der Waals surface area contributed by atoms with Gasteiger partial charge in [0.2, 0.25) is 0 Å². The molecule has 5 rings (SSSR count). The van der Waals surface area contributed by atoms with Crippen LogP contribution in [0.3, 0.4) is 0 Å². The SMILES string of the molecule is Cc1c(OCc2ccccc2)ccc(C2NNC(C)C2c2cnn(-c3ccccc3)c2)c1O. The normalized spacial score (nSPS) is 20.1. The average Bonchev–Trinajstić information content (AvgIpc) is 3.48. The van der Waals surface area contributed by atoms with E-state index >= 15 is 0 Å². The Hall–Kier alpha value is -3.61. The second kappa shape index (κ2) is 9.10. The third-order valence-corrected chi connectivity index (χ3v) is 6.36. The number of aromatic hydroxyl groups is 1. The Labute approximate surface area is 193 Å². The van der Waals surface area contributed by atoms with E-state index in [2.05, 4.69) is 29.1 Å². The number of ether oxygens (including phenoxy) is 1. The maximum absolute atomic E-state index is 11.1. The molecule has 0 amide bonds. The van der Waals surface area contributed by atoms with Gasteiger partial charge in [0.25, 0.3) is 0 Å². The summed E-state index contributed by atoms with van der Waals surface area (Å²) in [5.74, 6) is 1.05. The van der Waals surface area contributed by atoms with Crippen molar-refractivity contribution in [2.45, 2.75) is 38.5 Å². The molecule has 0 saturated carbocycles. The zero-order chi connectivity index (χ0) is 22.8. The van der Waals surface area contributed by atoms with Crippen LogP contribution in [0, 0.1) is 6.92 Å². The summed E-state index contributed by atoms with van der Waals surface area (Å²) in [5.41, 5.74) is 11.5. The van der Waals surface area contributed by atoms with E-state index in [-0.39, 0.29) is 23.8 Å². The van der Waals surface area contributed by atoms with Crippen molar-refractivity contribution in [3.05, 3.63) is 107 Å². The van der Waals surface area contributed by atoms with E-state index in [4.69, 9.17) is 4.74 Å². The predicted octanol–water partition coefficient (Wildman–Crippen LogP) is 4.79. The molecule has 6 heteroatoms. The van der Waals surface area contributed by atoms with Gasteiger partial charge in [-0.05, 0) is 49.2 Å². The lowest BCUT2D eigenvalue weighted by Gasteiger charge is -2.22. The molecule has 1 saturated heterocycles. The smallest absolute Gasteiger partial charge is 0.127 e. The average molecular weight is 441 g/mol. The van der Waals surface area contributed by atoms with Crippen molar-refractivity contribution >= 4 is 0 Å². The molecule has 0 radical (unpaired) electrons. The van der Waals surface area contributed by atoms with Crippen molar-refractivity contribution in [3.63, 3.8) is 0 Å². The van der Waals surface area contributed by atoms with Gasteiger partial charge in [0.05, 0.1) is 17.9 Å². The van der Waals surface area contributed by atoms with Crippen molar-refractivity contribution in [2.24, 2.45) is 0 Å². The molecule has 33 heavy (non-hydrogen) atoms. The molecule has 3 atom stereocenters. The molecule has 6 nitrogen and oxygen atoms in total. The summed E-state index contributed by atoms with van der Waals surface area (Å²) in [6.07, 6.45) is 3.98. The lowest BCUT2D eigenvalue weighted by molar-refractivity contribution is 0.301. The summed E-state index contributed by atoms with van der Waals surface area (Å²) >= 11 is 0. The molecule has 3 aromatic carbocycles. The first kappa shape index (κ1) is 21.2. The van der Waals surface area contributed by atoms with Crippen LogP contribution in [0.5, 0.6) is 11.5 Å². The van der Waals surface area contributed by atoms with Crippen LogP contribution >= 0.6 is 0 Å². The fraction of sp³-hybridized carbons (Fsp3) is 0.222. The number of hydrazine groups is 1. The van der Waals surface area contributed by atoms with Gasteiger partial charge >= 0.3 is 0 Å². The Morgan fingerprint density at radius 2 is 1.70 bits per heavy atom. The molecular weight excluding hydrogens is 412 g/mol. The second-order valence-corrected chi connectivity index (χ2v) is 8.54. The molecule has 3 N–H and O–H groups in total. The third kappa shape index (κ3) is 4.23. The fourth-order valence-corrected chi connectivity index (χ4v) is 4.52. The number of rotatable bonds is 6. The van der Waals surface area contributed by atoms with Gasteiger partial charge < -0.3 is 9.84 Å². The number of phenolic OH excluding ortho intramolecular Hbond substituents is 1. The lowest BCUT2D eigenvalue weighted by atomic mass is 9.85. The molecule has 0 bridgehead atoms. The number of hydrogen-bond donors (Lipinski definition) is 3. The number of aromatic nitrogens is 2. The lowest BCUT2D eigenvalue weighted by Crippen LogP contribution is -2.29. The van der Waals surface area contributed by atoms with Crippen LogP contribution in [0.25, 0.3) is 5.69 Å². The monoisotopic (exact) mass is 440 g/mol. The van der Waals surface area contributed by atoms with Crippen molar-refractivity contribution in [2.75, 3.05) is 0 Å². The van der Waals surface area contributed by atoms with E-state index in [1.807, 2.05) is 90.6 Å². The minimum Gasteiger partial charge on any atom is -0.507 e. The number of phenols is 1. The van der Waals surface area contributed by atoms with E-state index in [1.54, 1.807) is 0 Å². The molecular formula is C27H28N4O2. The van der Waals surface area contributed by atoms with Gasteiger partial charge in [-0.1, -0.05) is 48.5 Å². The summed E-state index contributed by atoms with van der Waals surface area (Å²) in [6.45, 7) is 4.49. The molecule has 3 unspecified atom stereocenters. The van der Waals surface area contributed by atoms with Crippen LogP contribution < -0.4 is 15.6 Å². The zero-order valence-electron chi connectivity index (χ0n) is 18.8. The Bertz CT molecular complexity index is 1220. The molecule has 0 spiro atoms. The van der Waals surface area contributed by atoms with Gasteiger partial charge in [0.15, 0.2) is 0 Å². The number of para-hydroxylation sites is 1. The van der Waals surface area contributed by atoms with E-state index in [0.29, 0.717) is 12.4 Å². The molecule has 1 fully saturated rings. The van der Waals surface area contributed by atoms with Crippen molar-refractivity contribution in [1.82, 2.24) is 20.6 Å². The quantitative estimate of drug-likeness (QED) is 0.402. The molecule has 0 aliphatic carbocycles. The van der Waals surface area contributed by atoms with E-state index in [1.165, 1.54) is 0 Å².